The van der Waals surface area contributed by atoms with Crippen LogP contribution in [0.4, 0.5) is 0 Å². The van der Waals surface area contributed by atoms with Crippen LogP contribution in [-0.4, -0.2) is 42.6 Å². The van der Waals surface area contributed by atoms with Crippen molar-refractivity contribution in [3.05, 3.63) is 0 Å². The molecule has 1 aliphatic heterocycles. The first kappa shape index (κ1) is 13.3. The molecule has 2 nitrogen and oxygen atoms in total. The first-order valence-electron chi connectivity index (χ1n) is 6.23. The Morgan fingerprint density at radius 3 is 2.60 bits per heavy atom. The molecule has 3 heteroatoms. The van der Waals surface area contributed by atoms with Gasteiger partial charge in [-0.2, -0.15) is 0 Å². The molecule has 0 amide bonds. The predicted octanol–water partition coefficient (Wildman–Crippen LogP) is 2.89. The van der Waals surface area contributed by atoms with Crippen LogP contribution in [0.1, 0.15) is 39.5 Å². The van der Waals surface area contributed by atoms with Crippen molar-refractivity contribution in [3.8, 4) is 0 Å². The summed E-state index contributed by atoms with van der Waals surface area (Å²) in [7, 11) is 0. The van der Waals surface area contributed by atoms with Crippen molar-refractivity contribution in [1.82, 2.24) is 4.90 Å². The van der Waals surface area contributed by atoms with E-state index in [9.17, 15) is 0 Å². The number of hydrogen-bond donors (Lipinski definition) is 0. The first-order chi connectivity index (χ1) is 7.31. The van der Waals surface area contributed by atoms with Crippen molar-refractivity contribution in [2.24, 2.45) is 0 Å². The number of nitrogens with zero attached hydrogens (tertiary/aromatic N) is 1. The Balaban J connectivity index is 2.40. The van der Waals surface area contributed by atoms with E-state index in [1.165, 1.54) is 25.7 Å². The van der Waals surface area contributed by atoms with Crippen LogP contribution in [0.3, 0.4) is 0 Å². The fourth-order valence-electron chi connectivity index (χ4n) is 2.39. The normalized spacial score (nSPS) is 21.8. The molecule has 1 rings (SSSR count). The molecule has 1 fully saturated rings. The van der Waals surface area contributed by atoms with Crippen LogP contribution >= 0.6 is 11.6 Å². The number of alkyl halides is 1. The van der Waals surface area contributed by atoms with E-state index in [1.807, 2.05) is 0 Å². The molecule has 1 heterocycles. The lowest BCUT2D eigenvalue weighted by Crippen LogP contribution is -2.41. The highest BCUT2D eigenvalue weighted by atomic mass is 35.5. The molecular formula is C12H24ClNO. The largest absolute Gasteiger partial charge is 0.377 e. The summed E-state index contributed by atoms with van der Waals surface area (Å²) in [5, 5.41) is 0. The summed E-state index contributed by atoms with van der Waals surface area (Å²) >= 11 is 5.86. The molecule has 1 saturated heterocycles. The molecule has 0 aromatic heterocycles. The van der Waals surface area contributed by atoms with E-state index < -0.39 is 0 Å². The van der Waals surface area contributed by atoms with Crippen molar-refractivity contribution in [3.63, 3.8) is 0 Å². The first-order valence-corrected chi connectivity index (χ1v) is 6.76. The van der Waals surface area contributed by atoms with Gasteiger partial charge in [0.05, 0.1) is 6.10 Å². The fourth-order valence-corrected chi connectivity index (χ4v) is 2.60. The quantitative estimate of drug-likeness (QED) is 0.627. The number of hydrogen-bond acceptors (Lipinski definition) is 2. The lowest BCUT2D eigenvalue weighted by atomic mass is 10.1. The second kappa shape index (κ2) is 7.48. The summed E-state index contributed by atoms with van der Waals surface area (Å²) in [6.45, 7) is 7.52. The van der Waals surface area contributed by atoms with Gasteiger partial charge in [0.1, 0.15) is 0 Å². The number of ether oxygens (including phenoxy) is 1. The van der Waals surface area contributed by atoms with Gasteiger partial charge in [-0.25, -0.2) is 0 Å². The zero-order chi connectivity index (χ0) is 11.1. The molecule has 1 aliphatic rings. The molecule has 0 aliphatic carbocycles. The number of halogens is 1. The molecule has 0 radical (unpaired) electrons. The van der Waals surface area contributed by atoms with E-state index in [2.05, 4.69) is 18.7 Å². The van der Waals surface area contributed by atoms with Gasteiger partial charge in [-0.3, -0.25) is 4.90 Å². The Morgan fingerprint density at radius 2 is 2.13 bits per heavy atom. The van der Waals surface area contributed by atoms with Crippen LogP contribution in [-0.2, 0) is 4.74 Å². The minimum Gasteiger partial charge on any atom is -0.377 e. The minimum atomic E-state index is 0.453. The molecule has 0 aromatic carbocycles. The summed E-state index contributed by atoms with van der Waals surface area (Å²) in [5.74, 6) is 0.725. The third kappa shape index (κ3) is 4.29. The molecule has 0 aromatic rings. The molecule has 0 bridgehead atoms. The maximum absolute atomic E-state index is 5.86. The van der Waals surface area contributed by atoms with E-state index >= 15 is 0 Å². The predicted molar refractivity (Wildman–Crippen MR) is 65.6 cm³/mol. The summed E-state index contributed by atoms with van der Waals surface area (Å²) in [6.07, 6.45) is 5.32. The molecule has 0 saturated carbocycles. The fraction of sp³-hybridized carbons (Fsp3) is 1.00. The highest BCUT2D eigenvalue weighted by Crippen LogP contribution is 2.17. The second-order valence-corrected chi connectivity index (χ2v) is 4.67. The van der Waals surface area contributed by atoms with E-state index in [1.54, 1.807) is 0 Å². The average molecular weight is 234 g/mol. The van der Waals surface area contributed by atoms with Gasteiger partial charge in [0.25, 0.3) is 0 Å². The van der Waals surface area contributed by atoms with Crippen LogP contribution < -0.4 is 0 Å². The van der Waals surface area contributed by atoms with Crippen LogP contribution in [0, 0.1) is 0 Å². The minimum absolute atomic E-state index is 0.453. The SMILES string of the molecule is CCC(CC)N(CCCl)CC1CCCO1. The van der Waals surface area contributed by atoms with Gasteiger partial charge in [-0.15, -0.1) is 11.6 Å². The highest BCUT2D eigenvalue weighted by molar-refractivity contribution is 6.18. The van der Waals surface area contributed by atoms with E-state index in [-0.39, 0.29) is 0 Å². The van der Waals surface area contributed by atoms with Crippen molar-refractivity contribution < 1.29 is 4.74 Å². The van der Waals surface area contributed by atoms with Crippen molar-refractivity contribution >= 4 is 11.6 Å². The van der Waals surface area contributed by atoms with Crippen molar-refractivity contribution in [1.29, 1.82) is 0 Å². The Kier molecular flexibility index (Phi) is 6.62. The third-order valence-electron chi connectivity index (χ3n) is 3.29. The van der Waals surface area contributed by atoms with Gasteiger partial charge in [-0.05, 0) is 25.7 Å². The van der Waals surface area contributed by atoms with Gasteiger partial charge in [0, 0.05) is 31.6 Å². The highest BCUT2D eigenvalue weighted by Gasteiger charge is 2.22. The van der Waals surface area contributed by atoms with E-state index in [4.69, 9.17) is 16.3 Å². The molecule has 1 unspecified atom stereocenters. The summed E-state index contributed by atoms with van der Waals surface area (Å²) in [4.78, 5) is 2.50. The zero-order valence-electron chi connectivity index (χ0n) is 10.0. The van der Waals surface area contributed by atoms with Crippen LogP contribution in [0.2, 0.25) is 0 Å². The lowest BCUT2D eigenvalue weighted by molar-refractivity contribution is 0.0577. The molecule has 15 heavy (non-hydrogen) atoms. The van der Waals surface area contributed by atoms with Gasteiger partial charge in [-0.1, -0.05) is 13.8 Å². The van der Waals surface area contributed by atoms with Gasteiger partial charge >= 0.3 is 0 Å². The zero-order valence-corrected chi connectivity index (χ0v) is 10.8. The summed E-state index contributed by atoms with van der Waals surface area (Å²) < 4.78 is 5.68. The molecule has 0 spiro atoms. The average Bonchev–Trinajstić information content (AvgIpc) is 2.72. The number of rotatable bonds is 7. The van der Waals surface area contributed by atoms with Crippen molar-refractivity contribution in [2.45, 2.75) is 51.7 Å². The lowest BCUT2D eigenvalue weighted by Gasteiger charge is -2.31. The van der Waals surface area contributed by atoms with Gasteiger partial charge in [0.15, 0.2) is 0 Å². The Hall–Kier alpha value is 0.210. The standard InChI is InChI=1S/C12H24ClNO/c1-3-11(4-2)14(8-7-13)10-12-6-5-9-15-12/h11-12H,3-10H2,1-2H3. The van der Waals surface area contributed by atoms with Crippen LogP contribution in [0.15, 0.2) is 0 Å². The summed E-state index contributed by atoms with van der Waals surface area (Å²) in [5.41, 5.74) is 0. The smallest absolute Gasteiger partial charge is 0.0702 e. The topological polar surface area (TPSA) is 12.5 Å². The summed E-state index contributed by atoms with van der Waals surface area (Å²) in [6, 6.07) is 0.674. The Labute approximate surface area is 98.9 Å². The third-order valence-corrected chi connectivity index (χ3v) is 3.46. The molecule has 1 atom stereocenters. The van der Waals surface area contributed by atoms with Crippen LogP contribution in [0.5, 0.6) is 0 Å². The van der Waals surface area contributed by atoms with Crippen LogP contribution in [0.25, 0.3) is 0 Å². The molecule has 90 valence electrons. The van der Waals surface area contributed by atoms with Crippen molar-refractivity contribution in [2.75, 3.05) is 25.6 Å². The Bertz CT molecular complexity index is 156. The van der Waals surface area contributed by atoms with E-state index in [0.29, 0.717) is 12.1 Å². The Morgan fingerprint density at radius 1 is 1.40 bits per heavy atom. The molecular weight excluding hydrogens is 210 g/mol. The maximum Gasteiger partial charge on any atom is 0.0702 e. The molecule has 0 N–H and O–H groups in total. The maximum atomic E-state index is 5.86. The monoisotopic (exact) mass is 233 g/mol. The van der Waals surface area contributed by atoms with E-state index in [0.717, 1.165) is 25.6 Å². The van der Waals surface area contributed by atoms with Gasteiger partial charge < -0.3 is 4.74 Å². The van der Waals surface area contributed by atoms with Gasteiger partial charge in [0.2, 0.25) is 0 Å². The second-order valence-electron chi connectivity index (χ2n) is 4.29.